The smallest absolute Gasteiger partial charge is 0.234 e. The maximum absolute atomic E-state index is 12.6. The number of anilines is 2. The number of nitrogens with one attached hydrogen (secondary N) is 1. The Labute approximate surface area is 246 Å². The predicted molar refractivity (Wildman–Crippen MR) is 161 cm³/mol. The number of aromatic nitrogens is 5. The van der Waals surface area contributed by atoms with Crippen LogP contribution in [0.5, 0.6) is 0 Å². The number of hydrogen-bond acceptors (Lipinski definition) is 10. The van der Waals surface area contributed by atoms with E-state index < -0.39 is 0 Å². The first-order valence-electron chi connectivity index (χ1n) is 13.0. The van der Waals surface area contributed by atoms with Gasteiger partial charge in [-0.05, 0) is 43.7 Å². The van der Waals surface area contributed by atoms with Crippen molar-refractivity contribution in [3.63, 3.8) is 0 Å². The van der Waals surface area contributed by atoms with Gasteiger partial charge in [0.25, 0.3) is 0 Å². The molecule has 2 aliphatic heterocycles. The Bertz CT molecular complexity index is 1760. The fourth-order valence-corrected chi connectivity index (χ4v) is 7.32. The van der Waals surface area contributed by atoms with Crippen molar-refractivity contribution in [1.82, 2.24) is 24.6 Å². The topological polar surface area (TPSA) is 107 Å². The summed E-state index contributed by atoms with van der Waals surface area (Å²) < 4.78 is 15.6. The van der Waals surface area contributed by atoms with E-state index >= 15 is 0 Å². The van der Waals surface area contributed by atoms with E-state index in [1.54, 1.807) is 17.7 Å². The average Bonchev–Trinajstić information content (AvgIpc) is 3.54. The summed E-state index contributed by atoms with van der Waals surface area (Å²) in [4.78, 5) is 25.9. The molecule has 1 fully saturated rings. The molecule has 1 amide bonds. The fourth-order valence-electron chi connectivity index (χ4n) is 5.22. The number of amides is 1. The van der Waals surface area contributed by atoms with Gasteiger partial charge in [0.1, 0.15) is 21.7 Å². The molecule has 13 heteroatoms. The number of fused-ring (bicyclic) bond motifs is 7. The molecule has 6 heterocycles. The van der Waals surface area contributed by atoms with E-state index in [1.165, 1.54) is 17.3 Å². The number of thioether (sulfide) groups is 1. The molecule has 0 unspecified atom stereocenters. The molecule has 4 aromatic heterocycles. The Morgan fingerprint density at radius 1 is 1.18 bits per heavy atom. The van der Waals surface area contributed by atoms with Crippen LogP contribution in [-0.2, 0) is 27.3 Å². The molecule has 1 aromatic carbocycles. The van der Waals surface area contributed by atoms with Gasteiger partial charge in [-0.2, -0.15) is 0 Å². The number of pyridine rings is 1. The maximum atomic E-state index is 12.6. The van der Waals surface area contributed by atoms with Crippen LogP contribution in [-0.4, -0.2) is 68.1 Å². The first kappa shape index (κ1) is 26.1. The Morgan fingerprint density at radius 3 is 2.77 bits per heavy atom. The van der Waals surface area contributed by atoms with Gasteiger partial charge in [-0.3, -0.25) is 9.20 Å². The van der Waals surface area contributed by atoms with Gasteiger partial charge in [-0.25, -0.2) is 9.97 Å². The Morgan fingerprint density at radius 2 is 1.98 bits per heavy atom. The summed E-state index contributed by atoms with van der Waals surface area (Å²) >= 11 is 6.33. The highest BCUT2D eigenvalue weighted by atomic mass is 79.9. The van der Waals surface area contributed by atoms with Crippen LogP contribution in [0.15, 0.2) is 40.2 Å². The maximum Gasteiger partial charge on any atom is 0.234 e. The molecule has 0 bridgehead atoms. The molecular weight excluding hydrogens is 614 g/mol. The second-order valence-electron chi connectivity index (χ2n) is 10.4. The Hall–Kier alpha value is -2.84. The summed E-state index contributed by atoms with van der Waals surface area (Å²) in [6.07, 6.45) is 2.53. The summed E-state index contributed by atoms with van der Waals surface area (Å²) in [5.41, 5.74) is 4.47. The molecular formula is C27H26BrN7O3S2. The second kappa shape index (κ2) is 10.2. The van der Waals surface area contributed by atoms with Crippen molar-refractivity contribution in [2.75, 3.05) is 42.3 Å². The third-order valence-electron chi connectivity index (χ3n) is 7.16. The third kappa shape index (κ3) is 4.73. The molecule has 0 radical (unpaired) electrons. The SMILES string of the molecule is CC1(C)Cc2c(c(N3CCOCC3)nc3sc4c(ncn5c(SCC(=O)Nc6ccc(Br)cc6)nnc45)c23)CO1. The van der Waals surface area contributed by atoms with E-state index in [1.807, 2.05) is 28.7 Å². The van der Waals surface area contributed by atoms with E-state index in [0.717, 1.165) is 67.1 Å². The molecule has 5 aromatic rings. The number of carbonyl (C=O) groups is 1. The number of nitrogens with zero attached hydrogens (tertiary/aromatic N) is 6. The van der Waals surface area contributed by atoms with Gasteiger partial charge in [0.15, 0.2) is 10.8 Å². The van der Waals surface area contributed by atoms with Crippen molar-refractivity contribution in [3.05, 3.63) is 46.2 Å². The minimum atomic E-state index is -0.280. The minimum absolute atomic E-state index is 0.115. The highest BCUT2D eigenvalue weighted by molar-refractivity contribution is 9.10. The monoisotopic (exact) mass is 639 g/mol. The number of halogens is 1. The van der Waals surface area contributed by atoms with Crippen LogP contribution in [0.2, 0.25) is 0 Å². The van der Waals surface area contributed by atoms with Crippen LogP contribution in [0.4, 0.5) is 11.5 Å². The normalized spacial score (nSPS) is 17.0. The number of carbonyl (C=O) groups excluding carboxylic acids is 1. The summed E-state index contributed by atoms with van der Waals surface area (Å²) in [6.45, 7) is 7.78. The van der Waals surface area contributed by atoms with E-state index in [0.29, 0.717) is 25.0 Å². The van der Waals surface area contributed by atoms with Crippen LogP contribution >= 0.6 is 39.0 Å². The second-order valence-corrected chi connectivity index (χ2v) is 13.3. The van der Waals surface area contributed by atoms with Crippen LogP contribution in [0.1, 0.15) is 25.0 Å². The van der Waals surface area contributed by atoms with Gasteiger partial charge < -0.3 is 19.7 Å². The predicted octanol–water partition coefficient (Wildman–Crippen LogP) is 5.07. The standard InChI is InChI=1S/C27H26BrN7O3S2/c1-27(2)11-17-18(12-38-27)23(34-7-9-37-10-8-34)31-25-20(17)21-22(40-25)24-32-33-26(35(24)14-29-21)39-13-19(36)30-16-5-3-15(28)4-6-16/h3-6,14H,7-13H2,1-2H3,(H,30,36). The fraction of sp³-hybridized carbons (Fsp3) is 0.370. The van der Waals surface area contributed by atoms with E-state index in [-0.39, 0.29) is 17.3 Å². The lowest BCUT2D eigenvalue weighted by Gasteiger charge is -2.36. The summed E-state index contributed by atoms with van der Waals surface area (Å²) in [7, 11) is 0. The van der Waals surface area contributed by atoms with Crippen LogP contribution in [0.3, 0.4) is 0 Å². The van der Waals surface area contributed by atoms with Gasteiger partial charge >= 0.3 is 0 Å². The van der Waals surface area contributed by atoms with E-state index in [4.69, 9.17) is 19.4 Å². The highest BCUT2D eigenvalue weighted by Gasteiger charge is 2.33. The quantitative estimate of drug-likeness (QED) is 0.264. The molecule has 0 aliphatic carbocycles. The van der Waals surface area contributed by atoms with Gasteiger partial charge in [0.2, 0.25) is 5.91 Å². The third-order valence-corrected chi connectivity index (χ3v) is 9.70. The molecule has 10 nitrogen and oxygen atoms in total. The van der Waals surface area contributed by atoms with Gasteiger partial charge in [0, 0.05) is 40.6 Å². The number of morpholine rings is 1. The van der Waals surface area contributed by atoms with Crippen molar-refractivity contribution in [2.24, 2.45) is 0 Å². The zero-order valence-corrected chi connectivity index (χ0v) is 25.2. The van der Waals surface area contributed by atoms with Crippen molar-refractivity contribution < 1.29 is 14.3 Å². The lowest BCUT2D eigenvalue weighted by atomic mass is 9.90. The van der Waals surface area contributed by atoms with E-state index in [9.17, 15) is 4.79 Å². The van der Waals surface area contributed by atoms with Crippen molar-refractivity contribution >= 4 is 82.5 Å². The molecule has 0 saturated carbocycles. The first-order valence-corrected chi connectivity index (χ1v) is 15.6. The Kier molecular flexibility index (Phi) is 6.66. The van der Waals surface area contributed by atoms with Crippen LogP contribution in [0.25, 0.3) is 26.1 Å². The Balaban J connectivity index is 1.25. The van der Waals surface area contributed by atoms with Gasteiger partial charge in [-0.15, -0.1) is 21.5 Å². The average molecular weight is 641 g/mol. The number of hydrogen-bond donors (Lipinski definition) is 1. The molecule has 1 N–H and O–H groups in total. The minimum Gasteiger partial charge on any atom is -0.378 e. The lowest BCUT2D eigenvalue weighted by molar-refractivity contribution is -0.113. The molecule has 0 spiro atoms. The number of benzene rings is 1. The summed E-state index contributed by atoms with van der Waals surface area (Å²) in [5, 5.41) is 13.5. The lowest BCUT2D eigenvalue weighted by Crippen LogP contribution is -2.39. The number of thiophene rings is 1. The number of rotatable bonds is 5. The largest absolute Gasteiger partial charge is 0.378 e. The van der Waals surface area contributed by atoms with Crippen LogP contribution in [0, 0.1) is 0 Å². The zero-order chi connectivity index (χ0) is 27.4. The highest BCUT2D eigenvalue weighted by Crippen LogP contribution is 2.43. The first-order chi connectivity index (χ1) is 19.4. The molecule has 7 rings (SSSR count). The van der Waals surface area contributed by atoms with Crippen molar-refractivity contribution in [2.45, 2.75) is 37.6 Å². The molecule has 1 saturated heterocycles. The summed E-state index contributed by atoms with van der Waals surface area (Å²) in [5.74, 6) is 1.07. The van der Waals surface area contributed by atoms with Gasteiger partial charge in [-0.1, -0.05) is 27.7 Å². The van der Waals surface area contributed by atoms with E-state index in [2.05, 4.69) is 50.2 Å². The molecule has 206 valence electrons. The zero-order valence-electron chi connectivity index (χ0n) is 21.9. The van der Waals surface area contributed by atoms with Gasteiger partial charge in [0.05, 0.1) is 36.7 Å². The van der Waals surface area contributed by atoms with Crippen LogP contribution < -0.4 is 10.2 Å². The molecule has 0 atom stereocenters. The summed E-state index contributed by atoms with van der Waals surface area (Å²) in [6, 6.07) is 7.48. The molecule has 40 heavy (non-hydrogen) atoms. The van der Waals surface area contributed by atoms with Crippen molar-refractivity contribution in [1.29, 1.82) is 0 Å². The molecule has 2 aliphatic rings. The number of ether oxygens (including phenoxy) is 2. The van der Waals surface area contributed by atoms with Crippen molar-refractivity contribution in [3.8, 4) is 0 Å².